The lowest BCUT2D eigenvalue weighted by Crippen LogP contribution is -2.68. The van der Waals surface area contributed by atoms with Gasteiger partial charge in [0.15, 0.2) is 0 Å². The smallest absolute Gasteiger partial charge is 0.335 e. The van der Waals surface area contributed by atoms with Gasteiger partial charge < -0.3 is 15.3 Å². The zero-order chi connectivity index (χ0) is 37.6. The van der Waals surface area contributed by atoms with Gasteiger partial charge in [-0.2, -0.15) is 0 Å². The number of aromatic carboxylic acids is 1. The Hall–Kier alpha value is -2.44. The molecule has 6 aliphatic carbocycles. The molecule has 0 bridgehead atoms. The fraction of sp³-hybridized carbons (Fsp3) is 0.745. The Kier molecular flexibility index (Phi) is 9.44. The molecule has 0 radical (unpaired) electrons. The summed E-state index contributed by atoms with van der Waals surface area (Å²) in [5, 5.41) is 13.8. The second-order valence-electron chi connectivity index (χ2n) is 20.5. The predicted octanol–water partition coefficient (Wildman–Crippen LogP) is 9.32. The number of nitrogens with one attached hydrogen (secondary N) is 1. The van der Waals surface area contributed by atoms with Gasteiger partial charge >= 0.3 is 5.97 Å². The Balaban J connectivity index is 0.995. The second-order valence-corrected chi connectivity index (χ2v) is 20.5. The quantitative estimate of drug-likeness (QED) is 0.262. The Bertz CT molecular complexity index is 1640. The molecule has 6 nitrogen and oxygen atoms in total. The number of hydrogen-bond donors (Lipinski definition) is 2. The standard InChI is InChI=1S/C47H69N3O3/c1-31(2)35-17-22-47(48-25-26-49-27-29-50(30-28-49)41(51)33-9-8-10-33)24-23-45(6)37(40(35)47)15-16-39-44(5)20-18-36(32-11-13-34(14-12-32)42(52)53)43(3,4)38(44)19-21-46(39,45)7/h11-14,18,33,35,37-40,48H,1,8-10,15-17,19-30H2,2-7H3,(H,52,53). The average Bonchev–Trinajstić information content (AvgIpc) is 3.48. The summed E-state index contributed by atoms with van der Waals surface area (Å²) in [7, 11) is 0. The van der Waals surface area contributed by atoms with E-state index < -0.39 is 5.97 Å². The Morgan fingerprint density at radius 3 is 2.21 bits per heavy atom. The molecule has 1 heterocycles. The van der Waals surface area contributed by atoms with Gasteiger partial charge in [-0.3, -0.25) is 9.69 Å². The van der Waals surface area contributed by atoms with E-state index in [4.69, 9.17) is 0 Å². The number of carboxylic acids is 1. The van der Waals surface area contributed by atoms with Crippen LogP contribution in [-0.4, -0.2) is 71.6 Å². The Labute approximate surface area is 320 Å². The molecular weight excluding hydrogens is 655 g/mol. The highest BCUT2D eigenvalue weighted by molar-refractivity contribution is 5.88. The number of carbonyl (C=O) groups is 2. The molecule has 0 spiro atoms. The molecule has 8 rings (SSSR count). The molecule has 9 unspecified atom stereocenters. The van der Waals surface area contributed by atoms with Crippen molar-refractivity contribution >= 4 is 17.4 Å². The monoisotopic (exact) mass is 724 g/mol. The number of carboxylic acid groups (broad SMARTS) is 1. The van der Waals surface area contributed by atoms with E-state index in [-0.39, 0.29) is 16.4 Å². The van der Waals surface area contributed by atoms with Crippen molar-refractivity contribution in [3.8, 4) is 0 Å². The Morgan fingerprint density at radius 1 is 0.849 bits per heavy atom. The van der Waals surface area contributed by atoms with E-state index in [2.05, 4.69) is 69.3 Å². The van der Waals surface area contributed by atoms with Gasteiger partial charge in [-0.05, 0) is 152 Å². The molecule has 290 valence electrons. The fourth-order valence-electron chi connectivity index (χ4n) is 14.9. The van der Waals surface area contributed by atoms with Crippen molar-refractivity contribution in [3.05, 3.63) is 53.6 Å². The Morgan fingerprint density at radius 2 is 1.57 bits per heavy atom. The largest absolute Gasteiger partial charge is 0.478 e. The minimum atomic E-state index is -0.859. The lowest BCUT2D eigenvalue weighted by molar-refractivity contribution is -0.219. The SMILES string of the molecule is C=C(C)C1CCC2(NCCN3CCN(C(=O)C4CCC4)CC3)CCC3(C)C(CCC4C5(C)CC=C(c6ccc(C(=O)O)cc6)C(C)(C)C5CCC43C)C12. The summed E-state index contributed by atoms with van der Waals surface area (Å²) in [5.41, 5.74) is 5.46. The van der Waals surface area contributed by atoms with Gasteiger partial charge in [0.2, 0.25) is 5.91 Å². The van der Waals surface area contributed by atoms with Crippen LogP contribution >= 0.6 is 0 Å². The highest BCUT2D eigenvalue weighted by Gasteiger charge is 2.70. The van der Waals surface area contributed by atoms with Gasteiger partial charge in [0, 0.05) is 50.7 Å². The first kappa shape index (κ1) is 37.5. The summed E-state index contributed by atoms with van der Waals surface area (Å²) >= 11 is 0. The topological polar surface area (TPSA) is 72.9 Å². The number of carbonyl (C=O) groups excluding carboxylic acids is 1. The molecule has 53 heavy (non-hydrogen) atoms. The number of allylic oxidation sites excluding steroid dienone is 3. The van der Waals surface area contributed by atoms with Crippen molar-refractivity contribution in [1.29, 1.82) is 0 Å². The number of nitrogens with zero attached hydrogens (tertiary/aromatic N) is 2. The number of rotatable bonds is 8. The number of amides is 1. The van der Waals surface area contributed by atoms with Crippen LogP contribution in [0.5, 0.6) is 0 Å². The number of benzene rings is 1. The third-order valence-corrected chi connectivity index (χ3v) is 18.1. The predicted molar refractivity (Wildman–Crippen MR) is 214 cm³/mol. The maximum atomic E-state index is 12.8. The fourth-order valence-corrected chi connectivity index (χ4v) is 14.9. The van der Waals surface area contributed by atoms with Crippen LogP contribution in [0.4, 0.5) is 0 Å². The summed E-state index contributed by atoms with van der Waals surface area (Å²) in [6.45, 7) is 26.0. The summed E-state index contributed by atoms with van der Waals surface area (Å²) in [6.07, 6.45) is 17.5. The van der Waals surface area contributed by atoms with Gasteiger partial charge in [-0.1, -0.05) is 71.4 Å². The first-order valence-corrected chi connectivity index (χ1v) is 21.6. The van der Waals surface area contributed by atoms with Crippen LogP contribution in [0.2, 0.25) is 0 Å². The van der Waals surface area contributed by atoms with Crippen LogP contribution in [0, 0.1) is 57.2 Å². The van der Waals surface area contributed by atoms with Crippen molar-refractivity contribution in [1.82, 2.24) is 15.1 Å². The summed E-state index contributed by atoms with van der Waals surface area (Å²) in [5.74, 6) is 3.14. The second kappa shape index (κ2) is 13.4. The number of fused-ring (bicyclic) bond motifs is 7. The van der Waals surface area contributed by atoms with Crippen molar-refractivity contribution in [3.63, 3.8) is 0 Å². The molecule has 1 aromatic carbocycles. The molecule has 1 amide bonds. The molecule has 1 aliphatic heterocycles. The molecule has 6 heteroatoms. The lowest BCUT2D eigenvalue weighted by atomic mass is 9.33. The summed E-state index contributed by atoms with van der Waals surface area (Å²) in [6, 6.07) is 7.64. The van der Waals surface area contributed by atoms with Gasteiger partial charge in [0.25, 0.3) is 0 Å². The zero-order valence-electron chi connectivity index (χ0n) is 33.9. The normalized spacial score (nSPS) is 40.9. The maximum Gasteiger partial charge on any atom is 0.335 e. The van der Waals surface area contributed by atoms with Crippen molar-refractivity contribution in [2.75, 3.05) is 39.3 Å². The van der Waals surface area contributed by atoms with E-state index >= 15 is 0 Å². The van der Waals surface area contributed by atoms with Crippen LogP contribution < -0.4 is 5.32 Å². The third kappa shape index (κ3) is 5.76. The van der Waals surface area contributed by atoms with Gasteiger partial charge in [-0.15, -0.1) is 0 Å². The minimum absolute atomic E-state index is 0.0255. The molecule has 1 aromatic rings. The zero-order valence-corrected chi connectivity index (χ0v) is 33.9. The van der Waals surface area contributed by atoms with E-state index in [0.717, 1.165) is 58.5 Å². The van der Waals surface area contributed by atoms with Crippen LogP contribution in [0.3, 0.4) is 0 Å². The van der Waals surface area contributed by atoms with Crippen molar-refractivity contribution in [2.24, 2.45) is 57.2 Å². The molecule has 7 aliphatic rings. The van der Waals surface area contributed by atoms with E-state index in [0.29, 0.717) is 57.8 Å². The molecule has 2 N–H and O–H groups in total. The molecule has 5 saturated carbocycles. The van der Waals surface area contributed by atoms with Crippen LogP contribution in [-0.2, 0) is 4.79 Å². The van der Waals surface area contributed by atoms with E-state index in [1.807, 2.05) is 12.1 Å². The van der Waals surface area contributed by atoms with E-state index in [9.17, 15) is 14.7 Å². The first-order valence-electron chi connectivity index (χ1n) is 21.6. The summed E-state index contributed by atoms with van der Waals surface area (Å²) in [4.78, 5) is 29.2. The number of hydrogen-bond acceptors (Lipinski definition) is 4. The van der Waals surface area contributed by atoms with Crippen LogP contribution in [0.1, 0.15) is 135 Å². The third-order valence-electron chi connectivity index (χ3n) is 18.1. The highest BCUT2D eigenvalue weighted by Crippen LogP contribution is 2.76. The van der Waals surface area contributed by atoms with Crippen LogP contribution in [0.15, 0.2) is 42.5 Å². The molecule has 9 atom stereocenters. The van der Waals surface area contributed by atoms with Gasteiger partial charge in [0.05, 0.1) is 5.56 Å². The van der Waals surface area contributed by atoms with Gasteiger partial charge in [0.1, 0.15) is 0 Å². The lowest BCUT2D eigenvalue weighted by Gasteiger charge is -2.72. The van der Waals surface area contributed by atoms with E-state index in [1.54, 1.807) is 12.1 Å². The van der Waals surface area contributed by atoms with Crippen molar-refractivity contribution < 1.29 is 14.7 Å². The molecule has 6 fully saturated rings. The number of piperazine rings is 1. The van der Waals surface area contributed by atoms with Crippen LogP contribution in [0.25, 0.3) is 5.57 Å². The van der Waals surface area contributed by atoms with E-state index in [1.165, 1.54) is 74.5 Å². The van der Waals surface area contributed by atoms with Crippen molar-refractivity contribution in [2.45, 2.75) is 124 Å². The molecular formula is C47H69N3O3. The molecule has 1 saturated heterocycles. The van der Waals surface area contributed by atoms with Gasteiger partial charge in [-0.25, -0.2) is 4.79 Å². The molecule has 0 aromatic heterocycles. The summed E-state index contributed by atoms with van der Waals surface area (Å²) < 4.78 is 0. The first-order chi connectivity index (χ1) is 25.1. The minimum Gasteiger partial charge on any atom is -0.478 e. The maximum absolute atomic E-state index is 12.8. The highest BCUT2D eigenvalue weighted by atomic mass is 16.4. The average molecular weight is 724 g/mol.